The molecule has 5 rings (SSSR count). The molecule has 0 fully saturated rings. The van der Waals surface area contributed by atoms with E-state index in [1.807, 2.05) is 32.3 Å². The largest absolute Gasteiger partial charge is 0.493 e. The summed E-state index contributed by atoms with van der Waals surface area (Å²) in [5.41, 5.74) is 5.07. The Morgan fingerprint density at radius 2 is 2.05 bits per heavy atom. The van der Waals surface area contributed by atoms with E-state index >= 15 is 0 Å². The number of ether oxygens (including phenoxy) is 1. The second-order valence-corrected chi connectivity index (χ2v) is 9.36. The van der Waals surface area contributed by atoms with Crippen LogP contribution in [0.5, 0.6) is 5.75 Å². The van der Waals surface area contributed by atoms with Gasteiger partial charge in [0, 0.05) is 56.6 Å². The molecule has 0 radical (unpaired) electrons. The highest BCUT2D eigenvalue weighted by Gasteiger charge is 2.31. The highest BCUT2D eigenvalue weighted by atomic mass is 35.5. The first-order valence-electron chi connectivity index (χ1n) is 12.3. The van der Waals surface area contributed by atoms with E-state index in [9.17, 15) is 14.7 Å². The number of carbonyl (C=O) groups excluding carboxylic acids is 2. The van der Waals surface area contributed by atoms with Crippen LogP contribution in [-0.4, -0.2) is 56.9 Å². The highest BCUT2D eigenvalue weighted by molar-refractivity contribution is 6.03. The standard InChI is InChI=1S/C27H31N5O4.ClH/c1-3-36-25-10-21-20(16-32(27(21)35)15-17-11-30-31(2)14-17)8-22(25)26(34)29-13-24(33)23-9-18-6-4-5-7-19(18)12-28-23;/h4-8,10-11,14,23-24,28,33H,3,9,12-13,15-16H2,1-2H3,(H,29,34);1H/t23-,24+;/m0./s1. The van der Waals surface area contributed by atoms with Crippen molar-refractivity contribution in [2.45, 2.75) is 45.1 Å². The third-order valence-corrected chi connectivity index (χ3v) is 6.81. The zero-order valence-electron chi connectivity index (χ0n) is 20.9. The number of nitrogens with zero attached hydrogens (tertiary/aromatic N) is 3. The van der Waals surface area contributed by atoms with Crippen molar-refractivity contribution >= 4 is 24.2 Å². The van der Waals surface area contributed by atoms with Crippen molar-refractivity contribution in [3.05, 3.63) is 82.2 Å². The Hall–Kier alpha value is -3.40. The van der Waals surface area contributed by atoms with Crippen molar-refractivity contribution in [2.75, 3.05) is 13.2 Å². The second kappa shape index (κ2) is 11.3. The van der Waals surface area contributed by atoms with Crippen LogP contribution in [0.25, 0.3) is 0 Å². The Morgan fingerprint density at radius 3 is 2.78 bits per heavy atom. The van der Waals surface area contributed by atoms with E-state index in [-0.39, 0.29) is 36.8 Å². The number of amides is 2. The predicted molar refractivity (Wildman–Crippen MR) is 141 cm³/mol. The average Bonchev–Trinajstić information content (AvgIpc) is 3.43. The summed E-state index contributed by atoms with van der Waals surface area (Å²) < 4.78 is 7.43. The fourth-order valence-corrected chi connectivity index (χ4v) is 4.94. The minimum atomic E-state index is -0.746. The summed E-state index contributed by atoms with van der Waals surface area (Å²) in [7, 11) is 1.84. The molecule has 196 valence electrons. The number of hydrogen-bond donors (Lipinski definition) is 3. The van der Waals surface area contributed by atoms with Gasteiger partial charge in [0.05, 0.1) is 24.5 Å². The zero-order chi connectivity index (χ0) is 25.2. The number of aryl methyl sites for hydroxylation is 1. The number of fused-ring (bicyclic) bond motifs is 2. The maximum absolute atomic E-state index is 13.2. The molecule has 0 spiro atoms. The van der Waals surface area contributed by atoms with Crippen molar-refractivity contribution in [2.24, 2.45) is 7.05 Å². The monoisotopic (exact) mass is 525 g/mol. The van der Waals surface area contributed by atoms with Gasteiger partial charge in [0.25, 0.3) is 11.8 Å². The van der Waals surface area contributed by atoms with Crippen molar-refractivity contribution in [1.82, 2.24) is 25.3 Å². The van der Waals surface area contributed by atoms with Crippen molar-refractivity contribution in [3.8, 4) is 5.75 Å². The lowest BCUT2D eigenvalue weighted by molar-refractivity contribution is 0.0766. The number of benzene rings is 2. The van der Waals surface area contributed by atoms with E-state index < -0.39 is 6.10 Å². The maximum Gasteiger partial charge on any atom is 0.255 e. The molecule has 0 bridgehead atoms. The Bertz CT molecular complexity index is 1290. The molecular formula is C27H32ClN5O4. The Morgan fingerprint density at radius 1 is 1.27 bits per heavy atom. The van der Waals surface area contributed by atoms with Gasteiger partial charge in [-0.1, -0.05) is 24.3 Å². The number of aliphatic hydroxyl groups excluding tert-OH is 1. The summed E-state index contributed by atoms with van der Waals surface area (Å²) in [6.45, 7) is 3.84. The molecule has 2 aromatic carbocycles. The van der Waals surface area contributed by atoms with Crippen LogP contribution in [0.2, 0.25) is 0 Å². The van der Waals surface area contributed by atoms with Crippen LogP contribution in [0.3, 0.4) is 0 Å². The quantitative estimate of drug-likeness (QED) is 0.416. The average molecular weight is 526 g/mol. The van der Waals surface area contributed by atoms with Gasteiger partial charge in [0.2, 0.25) is 0 Å². The number of aliphatic hydroxyl groups is 1. The molecule has 2 aliphatic heterocycles. The second-order valence-electron chi connectivity index (χ2n) is 9.36. The van der Waals surface area contributed by atoms with Gasteiger partial charge in [-0.25, -0.2) is 0 Å². The summed E-state index contributed by atoms with van der Waals surface area (Å²) in [5, 5.41) is 21.2. The summed E-state index contributed by atoms with van der Waals surface area (Å²) >= 11 is 0. The number of hydrogen-bond acceptors (Lipinski definition) is 6. The molecule has 37 heavy (non-hydrogen) atoms. The van der Waals surface area contributed by atoms with E-state index in [0.717, 1.165) is 11.1 Å². The molecule has 0 unspecified atom stereocenters. The summed E-state index contributed by atoms with van der Waals surface area (Å²) in [5.74, 6) is -0.0694. The zero-order valence-corrected chi connectivity index (χ0v) is 21.8. The number of rotatable bonds is 8. The molecule has 3 aromatic rings. The minimum absolute atomic E-state index is 0. The molecule has 3 heterocycles. The third-order valence-electron chi connectivity index (χ3n) is 6.81. The fourth-order valence-electron chi connectivity index (χ4n) is 4.94. The molecular weight excluding hydrogens is 494 g/mol. The van der Waals surface area contributed by atoms with E-state index in [4.69, 9.17) is 4.74 Å². The third kappa shape index (κ3) is 5.64. The summed E-state index contributed by atoms with van der Waals surface area (Å²) in [4.78, 5) is 27.9. The van der Waals surface area contributed by atoms with Gasteiger partial charge >= 0.3 is 0 Å². The van der Waals surface area contributed by atoms with Crippen LogP contribution in [-0.2, 0) is 33.1 Å². The number of nitrogens with one attached hydrogen (secondary N) is 2. The van der Waals surface area contributed by atoms with Gasteiger partial charge in [0.15, 0.2) is 0 Å². The molecule has 3 N–H and O–H groups in total. The van der Waals surface area contributed by atoms with E-state index in [1.54, 1.807) is 27.9 Å². The molecule has 0 saturated heterocycles. The fraction of sp³-hybridized carbons (Fsp3) is 0.370. The summed E-state index contributed by atoms with van der Waals surface area (Å²) in [6, 6.07) is 11.4. The van der Waals surface area contributed by atoms with Crippen molar-refractivity contribution in [3.63, 3.8) is 0 Å². The van der Waals surface area contributed by atoms with Crippen LogP contribution in [0.15, 0.2) is 48.8 Å². The first-order chi connectivity index (χ1) is 17.4. The van der Waals surface area contributed by atoms with E-state index in [2.05, 4.69) is 27.9 Å². The Labute approximate surface area is 222 Å². The molecule has 2 amide bonds. The summed E-state index contributed by atoms with van der Waals surface area (Å²) in [6.07, 6.45) is 3.58. The normalized spacial score (nSPS) is 17.0. The van der Waals surface area contributed by atoms with Crippen LogP contribution in [0.4, 0.5) is 0 Å². The van der Waals surface area contributed by atoms with Crippen LogP contribution >= 0.6 is 12.4 Å². The van der Waals surface area contributed by atoms with Gasteiger partial charge in [-0.3, -0.25) is 14.3 Å². The maximum atomic E-state index is 13.2. The number of halogens is 1. The molecule has 2 aliphatic rings. The van der Waals surface area contributed by atoms with Gasteiger partial charge < -0.3 is 25.4 Å². The lowest BCUT2D eigenvalue weighted by Crippen LogP contribution is -2.49. The van der Waals surface area contributed by atoms with Gasteiger partial charge in [-0.15, -0.1) is 12.4 Å². The smallest absolute Gasteiger partial charge is 0.255 e. The lowest BCUT2D eigenvalue weighted by atomic mass is 9.93. The van der Waals surface area contributed by atoms with Crippen molar-refractivity contribution in [1.29, 1.82) is 0 Å². The Kier molecular flexibility index (Phi) is 8.16. The van der Waals surface area contributed by atoms with Crippen molar-refractivity contribution < 1.29 is 19.4 Å². The lowest BCUT2D eigenvalue weighted by Gasteiger charge is -2.30. The van der Waals surface area contributed by atoms with Gasteiger partial charge in [0.1, 0.15) is 5.75 Å². The minimum Gasteiger partial charge on any atom is -0.493 e. The molecule has 10 heteroatoms. The van der Waals surface area contributed by atoms with Crippen LogP contribution in [0, 0.1) is 0 Å². The first-order valence-corrected chi connectivity index (χ1v) is 12.3. The van der Waals surface area contributed by atoms with E-state index in [0.29, 0.717) is 49.5 Å². The Balaban J connectivity index is 0.00000320. The topological polar surface area (TPSA) is 109 Å². The van der Waals surface area contributed by atoms with E-state index in [1.165, 1.54) is 11.1 Å². The predicted octanol–water partition coefficient (Wildman–Crippen LogP) is 2.20. The first kappa shape index (κ1) is 26.7. The van der Waals surface area contributed by atoms with Crippen LogP contribution in [0.1, 0.15) is 49.9 Å². The van der Waals surface area contributed by atoms with Gasteiger partial charge in [-0.2, -0.15) is 5.10 Å². The van der Waals surface area contributed by atoms with Crippen LogP contribution < -0.4 is 15.4 Å². The molecule has 0 aliphatic carbocycles. The van der Waals surface area contributed by atoms with Gasteiger partial charge in [-0.05, 0) is 42.2 Å². The molecule has 2 atom stereocenters. The molecule has 9 nitrogen and oxygen atoms in total. The number of aromatic nitrogens is 2. The molecule has 0 saturated carbocycles. The molecule has 1 aromatic heterocycles. The SMILES string of the molecule is CCOc1cc2c(cc1C(=O)NC[C@@H](O)[C@@H]1Cc3ccccc3CN1)CN(Cc1cnn(C)c1)C2=O.Cl. The highest BCUT2D eigenvalue weighted by Crippen LogP contribution is 2.31. The number of carbonyl (C=O) groups is 2.